The van der Waals surface area contributed by atoms with Gasteiger partial charge >= 0.3 is 0 Å². The molecule has 6 nitrogen and oxygen atoms in total. The van der Waals surface area contributed by atoms with Gasteiger partial charge in [0.15, 0.2) is 0 Å². The zero-order valence-electron chi connectivity index (χ0n) is 18.0. The summed E-state index contributed by atoms with van der Waals surface area (Å²) in [4.78, 5) is 13.9. The van der Waals surface area contributed by atoms with Gasteiger partial charge in [0.25, 0.3) is 5.91 Å². The first-order valence-corrected chi connectivity index (χ1v) is 13.0. The van der Waals surface area contributed by atoms with Crippen molar-refractivity contribution in [1.29, 1.82) is 0 Å². The molecule has 0 saturated carbocycles. The van der Waals surface area contributed by atoms with Crippen molar-refractivity contribution in [3.63, 3.8) is 0 Å². The van der Waals surface area contributed by atoms with Crippen LogP contribution in [0.4, 0.5) is 5.69 Å². The Balaban J connectivity index is 1.72. The highest BCUT2D eigenvalue weighted by Crippen LogP contribution is 2.28. The molecular weight excluding hydrogens is 432 g/mol. The SMILES string of the molecule is CCC1CCCCN1S(=O)(=O)c1ccc(NC(=O)c2ccccc2SCCOC)cc1. The fourth-order valence-electron chi connectivity index (χ4n) is 3.76. The van der Waals surface area contributed by atoms with Gasteiger partial charge in [-0.15, -0.1) is 11.8 Å². The lowest BCUT2D eigenvalue weighted by Crippen LogP contribution is -2.43. The zero-order valence-corrected chi connectivity index (χ0v) is 19.7. The fraction of sp³-hybridized carbons (Fsp3) is 0.435. The Labute approximate surface area is 189 Å². The predicted octanol–water partition coefficient (Wildman–Crippen LogP) is 4.63. The minimum absolute atomic E-state index is 0.0604. The summed E-state index contributed by atoms with van der Waals surface area (Å²) < 4.78 is 32.9. The van der Waals surface area contributed by atoms with Crippen LogP contribution in [0.3, 0.4) is 0 Å². The number of carbonyl (C=O) groups excluding carboxylic acids is 1. The zero-order chi connectivity index (χ0) is 22.3. The molecule has 1 amide bonds. The van der Waals surface area contributed by atoms with E-state index in [0.29, 0.717) is 24.4 Å². The first-order chi connectivity index (χ1) is 15.0. The Morgan fingerprint density at radius 2 is 1.90 bits per heavy atom. The number of hydrogen-bond donors (Lipinski definition) is 1. The lowest BCUT2D eigenvalue weighted by atomic mass is 10.0. The Morgan fingerprint density at radius 1 is 1.16 bits per heavy atom. The highest BCUT2D eigenvalue weighted by Gasteiger charge is 2.32. The highest BCUT2D eigenvalue weighted by molar-refractivity contribution is 7.99. The van der Waals surface area contributed by atoms with E-state index in [9.17, 15) is 13.2 Å². The maximum absolute atomic E-state index is 13.1. The van der Waals surface area contributed by atoms with Gasteiger partial charge in [0.05, 0.1) is 17.1 Å². The quantitative estimate of drug-likeness (QED) is 0.434. The third-order valence-electron chi connectivity index (χ3n) is 5.44. The molecule has 1 N–H and O–H groups in total. The summed E-state index contributed by atoms with van der Waals surface area (Å²) in [6.07, 6.45) is 3.69. The summed E-state index contributed by atoms with van der Waals surface area (Å²) in [6, 6.07) is 13.9. The van der Waals surface area contributed by atoms with Crippen LogP contribution in [0.15, 0.2) is 58.3 Å². The lowest BCUT2D eigenvalue weighted by molar-refractivity contribution is 0.102. The Kier molecular flexibility index (Phi) is 8.54. The van der Waals surface area contributed by atoms with E-state index in [4.69, 9.17) is 4.74 Å². The van der Waals surface area contributed by atoms with Crippen LogP contribution in [0, 0.1) is 0 Å². The maximum atomic E-state index is 13.1. The van der Waals surface area contributed by atoms with Gasteiger partial charge in [-0.1, -0.05) is 25.5 Å². The maximum Gasteiger partial charge on any atom is 0.256 e. The first-order valence-electron chi connectivity index (χ1n) is 10.6. The van der Waals surface area contributed by atoms with Crippen molar-refractivity contribution in [3.05, 3.63) is 54.1 Å². The molecule has 2 aromatic rings. The van der Waals surface area contributed by atoms with Crippen LogP contribution >= 0.6 is 11.8 Å². The molecule has 1 heterocycles. The number of nitrogens with one attached hydrogen (secondary N) is 1. The molecule has 0 radical (unpaired) electrons. The van der Waals surface area contributed by atoms with Crippen molar-refractivity contribution in [2.75, 3.05) is 31.3 Å². The van der Waals surface area contributed by atoms with Crippen molar-refractivity contribution >= 4 is 33.4 Å². The van der Waals surface area contributed by atoms with E-state index in [0.717, 1.165) is 36.3 Å². The van der Waals surface area contributed by atoms with Crippen LogP contribution in [-0.4, -0.2) is 50.7 Å². The van der Waals surface area contributed by atoms with Crippen molar-refractivity contribution in [2.24, 2.45) is 0 Å². The second kappa shape index (κ2) is 11.1. The van der Waals surface area contributed by atoms with Gasteiger partial charge in [-0.25, -0.2) is 8.42 Å². The molecule has 31 heavy (non-hydrogen) atoms. The van der Waals surface area contributed by atoms with Gasteiger partial charge < -0.3 is 10.1 Å². The van der Waals surface area contributed by atoms with Crippen LogP contribution in [0.25, 0.3) is 0 Å². The number of anilines is 1. The molecule has 1 unspecified atom stereocenters. The minimum atomic E-state index is -3.53. The molecule has 1 atom stereocenters. The molecule has 1 saturated heterocycles. The van der Waals surface area contributed by atoms with E-state index in [1.54, 1.807) is 53.5 Å². The van der Waals surface area contributed by atoms with Crippen LogP contribution in [-0.2, 0) is 14.8 Å². The summed E-state index contributed by atoms with van der Waals surface area (Å²) in [5, 5.41) is 2.88. The molecular formula is C23H30N2O4S2. The largest absolute Gasteiger partial charge is 0.384 e. The Hall–Kier alpha value is -1.87. The van der Waals surface area contributed by atoms with Crippen LogP contribution in [0.1, 0.15) is 43.0 Å². The molecule has 8 heteroatoms. The number of ether oxygens (including phenoxy) is 1. The number of piperidine rings is 1. The molecule has 2 aromatic carbocycles. The number of hydrogen-bond acceptors (Lipinski definition) is 5. The average Bonchev–Trinajstić information content (AvgIpc) is 2.80. The number of sulfonamides is 1. The van der Waals surface area contributed by atoms with Gasteiger partial charge in [-0.3, -0.25) is 4.79 Å². The number of amides is 1. The van der Waals surface area contributed by atoms with Gasteiger partial charge in [-0.2, -0.15) is 4.31 Å². The fourth-order valence-corrected chi connectivity index (χ4v) is 6.49. The third-order valence-corrected chi connectivity index (χ3v) is 8.44. The molecule has 1 aliphatic heterocycles. The molecule has 1 aliphatic rings. The summed E-state index contributed by atoms with van der Waals surface area (Å²) in [6.45, 7) is 3.20. The number of thioether (sulfide) groups is 1. The number of carbonyl (C=O) groups is 1. The Morgan fingerprint density at radius 3 is 2.61 bits per heavy atom. The topological polar surface area (TPSA) is 75.7 Å². The van der Waals surface area contributed by atoms with E-state index in [1.165, 1.54) is 0 Å². The third kappa shape index (κ3) is 5.88. The smallest absolute Gasteiger partial charge is 0.256 e. The van der Waals surface area contributed by atoms with Crippen molar-refractivity contribution in [2.45, 2.75) is 48.4 Å². The second-order valence-electron chi connectivity index (χ2n) is 7.49. The average molecular weight is 463 g/mol. The molecule has 0 bridgehead atoms. The van der Waals surface area contributed by atoms with Crippen LogP contribution in [0.5, 0.6) is 0 Å². The molecule has 0 aliphatic carbocycles. The molecule has 0 spiro atoms. The summed E-state index contributed by atoms with van der Waals surface area (Å²) in [7, 11) is -1.89. The van der Waals surface area contributed by atoms with Crippen molar-refractivity contribution in [3.8, 4) is 0 Å². The van der Waals surface area contributed by atoms with E-state index in [2.05, 4.69) is 5.32 Å². The van der Waals surface area contributed by atoms with Crippen LogP contribution < -0.4 is 5.32 Å². The predicted molar refractivity (Wildman–Crippen MR) is 125 cm³/mol. The molecule has 3 rings (SSSR count). The normalized spacial score (nSPS) is 17.4. The van der Waals surface area contributed by atoms with Crippen molar-refractivity contribution < 1.29 is 17.9 Å². The number of benzene rings is 2. The van der Waals surface area contributed by atoms with Gasteiger partial charge in [0, 0.05) is 36.0 Å². The number of methoxy groups -OCH3 is 1. The second-order valence-corrected chi connectivity index (χ2v) is 10.5. The van der Waals surface area contributed by atoms with Gasteiger partial charge in [0.2, 0.25) is 10.0 Å². The van der Waals surface area contributed by atoms with E-state index < -0.39 is 10.0 Å². The standard InChI is InChI=1S/C23H30N2O4S2/c1-3-19-8-6-7-15-25(19)31(27,28)20-13-11-18(12-14-20)24-23(26)21-9-4-5-10-22(21)30-17-16-29-2/h4-5,9-14,19H,3,6-8,15-17H2,1-2H3,(H,24,26). The van der Waals surface area contributed by atoms with Gasteiger partial charge in [-0.05, 0) is 55.7 Å². The molecule has 0 aromatic heterocycles. The van der Waals surface area contributed by atoms with Crippen molar-refractivity contribution in [1.82, 2.24) is 4.31 Å². The lowest BCUT2D eigenvalue weighted by Gasteiger charge is -2.34. The van der Waals surface area contributed by atoms with Crippen LogP contribution in [0.2, 0.25) is 0 Å². The van der Waals surface area contributed by atoms with E-state index in [1.807, 2.05) is 25.1 Å². The first kappa shape index (κ1) is 23.8. The summed E-state index contributed by atoms with van der Waals surface area (Å²) >= 11 is 1.56. The number of rotatable bonds is 9. The minimum Gasteiger partial charge on any atom is -0.384 e. The molecule has 168 valence electrons. The summed E-state index contributed by atoms with van der Waals surface area (Å²) in [5.41, 5.74) is 1.14. The van der Waals surface area contributed by atoms with Gasteiger partial charge in [0.1, 0.15) is 0 Å². The highest BCUT2D eigenvalue weighted by atomic mass is 32.2. The monoisotopic (exact) mass is 462 g/mol. The Bertz CT molecular complexity index is 977. The van der Waals surface area contributed by atoms with E-state index >= 15 is 0 Å². The van der Waals surface area contributed by atoms with E-state index in [-0.39, 0.29) is 16.8 Å². The number of nitrogens with zero attached hydrogens (tertiary/aromatic N) is 1. The molecule has 1 fully saturated rings. The summed E-state index contributed by atoms with van der Waals surface area (Å²) in [5.74, 6) is 0.529.